The fourth-order valence-corrected chi connectivity index (χ4v) is 2.75. The van der Waals surface area contributed by atoms with E-state index in [0.29, 0.717) is 10.8 Å². The summed E-state index contributed by atoms with van der Waals surface area (Å²) in [5.74, 6) is 0.781. The number of nitrogens with zero attached hydrogens (tertiary/aromatic N) is 2. The predicted octanol–water partition coefficient (Wildman–Crippen LogP) is 2.19. The highest BCUT2D eigenvalue weighted by Gasteiger charge is 2.63. The van der Waals surface area contributed by atoms with Gasteiger partial charge in [-0.1, -0.05) is 27.7 Å². The third kappa shape index (κ3) is 1.77. The van der Waals surface area contributed by atoms with Crippen LogP contribution in [0.5, 0.6) is 0 Å². The van der Waals surface area contributed by atoms with Crippen LogP contribution in [-0.4, -0.2) is 16.3 Å². The zero-order chi connectivity index (χ0) is 12.0. The second kappa shape index (κ2) is 3.59. The SMILES string of the molecule is Cn1ccc(CNCC2C(C)(C)C2(C)C)n1. The first kappa shape index (κ1) is 11.6. The van der Waals surface area contributed by atoms with Gasteiger partial charge in [-0.3, -0.25) is 4.68 Å². The van der Waals surface area contributed by atoms with E-state index in [-0.39, 0.29) is 0 Å². The smallest absolute Gasteiger partial charge is 0.0762 e. The highest BCUT2D eigenvalue weighted by molar-refractivity contribution is 5.13. The lowest BCUT2D eigenvalue weighted by Crippen LogP contribution is -2.19. The van der Waals surface area contributed by atoms with E-state index in [1.807, 2.05) is 17.9 Å². The van der Waals surface area contributed by atoms with Crippen molar-refractivity contribution in [1.29, 1.82) is 0 Å². The molecule has 0 amide bonds. The fourth-order valence-electron chi connectivity index (χ4n) is 2.75. The Hall–Kier alpha value is -0.830. The molecule has 0 spiro atoms. The number of rotatable bonds is 4. The maximum Gasteiger partial charge on any atom is 0.0762 e. The Morgan fingerprint density at radius 1 is 1.31 bits per heavy atom. The van der Waals surface area contributed by atoms with Gasteiger partial charge in [-0.2, -0.15) is 5.10 Å². The van der Waals surface area contributed by atoms with Crippen LogP contribution in [0.3, 0.4) is 0 Å². The topological polar surface area (TPSA) is 29.9 Å². The average molecular weight is 221 g/mol. The maximum absolute atomic E-state index is 4.35. The minimum atomic E-state index is 0.476. The van der Waals surface area contributed by atoms with Gasteiger partial charge in [-0.15, -0.1) is 0 Å². The predicted molar refractivity (Wildman–Crippen MR) is 66.0 cm³/mol. The van der Waals surface area contributed by atoms with Crippen LogP contribution in [-0.2, 0) is 13.6 Å². The minimum absolute atomic E-state index is 0.476. The summed E-state index contributed by atoms with van der Waals surface area (Å²) in [7, 11) is 1.95. The molecule has 1 heterocycles. The molecule has 0 saturated heterocycles. The van der Waals surface area contributed by atoms with Gasteiger partial charge in [0.05, 0.1) is 5.69 Å². The first-order valence-corrected chi connectivity index (χ1v) is 6.05. The Bertz CT molecular complexity index is 362. The monoisotopic (exact) mass is 221 g/mol. The summed E-state index contributed by atoms with van der Waals surface area (Å²) in [6.07, 6.45) is 1.99. The molecule has 1 aliphatic carbocycles. The van der Waals surface area contributed by atoms with E-state index in [4.69, 9.17) is 0 Å². The van der Waals surface area contributed by atoms with E-state index in [1.165, 1.54) is 0 Å². The molecular weight excluding hydrogens is 198 g/mol. The molecule has 16 heavy (non-hydrogen) atoms. The minimum Gasteiger partial charge on any atom is -0.311 e. The van der Waals surface area contributed by atoms with Crippen LogP contribution in [0.15, 0.2) is 12.3 Å². The standard InChI is InChI=1S/C13H23N3/c1-12(2)11(13(12,3)4)9-14-8-10-6-7-16(5)15-10/h6-7,11,14H,8-9H2,1-5H3. The van der Waals surface area contributed by atoms with Crippen LogP contribution >= 0.6 is 0 Å². The number of nitrogens with one attached hydrogen (secondary N) is 1. The molecule has 1 saturated carbocycles. The number of hydrogen-bond acceptors (Lipinski definition) is 2. The molecule has 1 aromatic heterocycles. The van der Waals surface area contributed by atoms with Crippen molar-refractivity contribution in [2.75, 3.05) is 6.54 Å². The maximum atomic E-state index is 4.35. The largest absolute Gasteiger partial charge is 0.311 e. The van der Waals surface area contributed by atoms with Crippen molar-refractivity contribution in [3.05, 3.63) is 18.0 Å². The van der Waals surface area contributed by atoms with Gasteiger partial charge >= 0.3 is 0 Å². The Morgan fingerprint density at radius 3 is 2.38 bits per heavy atom. The van der Waals surface area contributed by atoms with Crippen molar-refractivity contribution < 1.29 is 0 Å². The van der Waals surface area contributed by atoms with Crippen molar-refractivity contribution in [2.24, 2.45) is 23.8 Å². The lowest BCUT2D eigenvalue weighted by Gasteiger charge is -2.04. The molecule has 0 unspecified atom stereocenters. The number of aryl methyl sites for hydroxylation is 1. The van der Waals surface area contributed by atoms with Crippen LogP contribution in [0.4, 0.5) is 0 Å². The highest BCUT2D eigenvalue weighted by atomic mass is 15.3. The van der Waals surface area contributed by atoms with Crippen LogP contribution < -0.4 is 5.32 Å². The van der Waals surface area contributed by atoms with Gasteiger partial charge in [0.2, 0.25) is 0 Å². The molecule has 1 fully saturated rings. The summed E-state index contributed by atoms with van der Waals surface area (Å²) >= 11 is 0. The second-order valence-electron chi connectivity index (χ2n) is 6.11. The van der Waals surface area contributed by atoms with E-state index in [1.54, 1.807) is 0 Å². The van der Waals surface area contributed by atoms with Gasteiger partial charge in [0.25, 0.3) is 0 Å². The van der Waals surface area contributed by atoms with Gasteiger partial charge in [-0.25, -0.2) is 0 Å². The normalized spacial score (nSPS) is 22.3. The number of aromatic nitrogens is 2. The summed E-state index contributed by atoms with van der Waals surface area (Å²) in [6.45, 7) is 11.4. The van der Waals surface area contributed by atoms with E-state index in [9.17, 15) is 0 Å². The summed E-state index contributed by atoms with van der Waals surface area (Å²) in [5.41, 5.74) is 2.08. The molecule has 0 atom stereocenters. The van der Waals surface area contributed by atoms with Gasteiger partial charge in [0.15, 0.2) is 0 Å². The average Bonchev–Trinajstić information content (AvgIpc) is 2.53. The third-order valence-corrected chi connectivity index (χ3v) is 4.74. The van der Waals surface area contributed by atoms with Gasteiger partial charge < -0.3 is 5.32 Å². The summed E-state index contributed by atoms with van der Waals surface area (Å²) < 4.78 is 1.85. The molecule has 0 aliphatic heterocycles. The van der Waals surface area contributed by atoms with Crippen molar-refractivity contribution >= 4 is 0 Å². The van der Waals surface area contributed by atoms with Crippen LogP contribution in [0.25, 0.3) is 0 Å². The molecule has 90 valence electrons. The summed E-state index contributed by atoms with van der Waals surface area (Å²) in [4.78, 5) is 0. The van der Waals surface area contributed by atoms with Crippen molar-refractivity contribution in [3.8, 4) is 0 Å². The molecule has 3 nitrogen and oxygen atoms in total. The molecule has 1 aromatic rings. The van der Waals surface area contributed by atoms with Crippen LogP contribution in [0.1, 0.15) is 33.4 Å². The van der Waals surface area contributed by atoms with Crippen molar-refractivity contribution in [3.63, 3.8) is 0 Å². The summed E-state index contributed by atoms with van der Waals surface area (Å²) in [5, 5.41) is 7.87. The van der Waals surface area contributed by atoms with Gasteiger partial charge in [0, 0.05) is 19.8 Å². The van der Waals surface area contributed by atoms with Gasteiger partial charge in [0.1, 0.15) is 0 Å². The third-order valence-electron chi connectivity index (χ3n) is 4.74. The molecular formula is C13H23N3. The van der Waals surface area contributed by atoms with E-state index >= 15 is 0 Å². The second-order valence-corrected chi connectivity index (χ2v) is 6.11. The summed E-state index contributed by atoms with van der Waals surface area (Å²) in [6, 6.07) is 2.07. The first-order valence-electron chi connectivity index (χ1n) is 6.05. The molecule has 0 bridgehead atoms. The molecule has 3 heteroatoms. The van der Waals surface area contributed by atoms with E-state index < -0.39 is 0 Å². The Labute approximate surface area is 98.2 Å². The lowest BCUT2D eigenvalue weighted by atomic mass is 10.0. The molecule has 1 aliphatic rings. The fraction of sp³-hybridized carbons (Fsp3) is 0.769. The molecule has 1 N–H and O–H groups in total. The lowest BCUT2D eigenvalue weighted by molar-refractivity contribution is 0.457. The Balaban J connectivity index is 1.78. The molecule has 0 radical (unpaired) electrons. The molecule has 2 rings (SSSR count). The Morgan fingerprint density at radius 2 is 1.94 bits per heavy atom. The van der Waals surface area contributed by atoms with E-state index in [2.05, 4.69) is 44.2 Å². The zero-order valence-corrected chi connectivity index (χ0v) is 11.0. The zero-order valence-electron chi connectivity index (χ0n) is 11.0. The van der Waals surface area contributed by atoms with Crippen molar-refractivity contribution in [1.82, 2.24) is 15.1 Å². The van der Waals surface area contributed by atoms with Crippen LogP contribution in [0, 0.1) is 16.7 Å². The Kier molecular flexibility index (Phi) is 2.61. The van der Waals surface area contributed by atoms with Crippen LogP contribution in [0.2, 0.25) is 0 Å². The molecule has 0 aromatic carbocycles. The van der Waals surface area contributed by atoms with E-state index in [0.717, 1.165) is 24.7 Å². The first-order chi connectivity index (χ1) is 7.35. The highest BCUT2D eigenvalue weighted by Crippen LogP contribution is 2.67. The van der Waals surface area contributed by atoms with Crippen molar-refractivity contribution in [2.45, 2.75) is 34.2 Å². The number of hydrogen-bond donors (Lipinski definition) is 1. The quantitative estimate of drug-likeness (QED) is 0.844. The van der Waals surface area contributed by atoms with Gasteiger partial charge in [-0.05, 0) is 29.4 Å².